The minimum atomic E-state index is -3.58. The number of imidazole rings is 2. The number of hydrogen-bond acceptors (Lipinski definition) is 7. The Morgan fingerprint density at radius 3 is 0.949 bits per heavy atom. The molecule has 6 aromatic carbocycles. The predicted octanol–water partition coefficient (Wildman–Crippen LogP) is 21.8. The Hall–Kier alpha value is -7.27. The molecule has 10 nitrogen and oxygen atoms in total. The first-order valence-corrected chi connectivity index (χ1v) is 37.5. The number of carboxylic acid groups (broad SMARTS) is 1. The standard InChI is InChI=1S/C19H32F2O2.2C18H15S.C16H30O.C7H6N4O.C3H4F2O2.CH4/c1-3-4-5-14-6-8-15(9-7-14)16-10-12-17(13-11-16)23-18(22)19(2,20)21;2*1-4-10-16(11-5-1)19(17-12-6-2-7-13-17)18-14-8-3-9-15-18;1-2-3-4-13-5-7-14(8-6-13)15-9-11-16(17)12-10-15;12-7(10-3-1-8-5-10)11-4-2-9-6-11;1-3(4,5)2(6)7;/h14-17H,3-13H2,1-2H3;2*1-15H;13-17H,2-12H2,1H3;1-6H;1H3,(H,6,7);1H4/q;2*+1;;;;. The van der Waals surface area contributed by atoms with Crippen LogP contribution in [0.5, 0.6) is 0 Å². The predicted molar refractivity (Wildman–Crippen MR) is 389 cm³/mol. The average Bonchev–Trinajstić information content (AvgIpc) is 0.970. The molecule has 16 heteroatoms. The number of carboxylic acids is 1. The van der Waals surface area contributed by atoms with Crippen LogP contribution in [0.15, 0.2) is 249 Å². The summed E-state index contributed by atoms with van der Waals surface area (Å²) in [5.74, 6) is -4.98. The van der Waals surface area contributed by atoms with Crippen molar-refractivity contribution in [3.63, 3.8) is 0 Å². The summed E-state index contributed by atoms with van der Waals surface area (Å²) in [7, 11) is -0.0293. The van der Waals surface area contributed by atoms with Crippen LogP contribution in [0.2, 0.25) is 0 Å². The van der Waals surface area contributed by atoms with E-state index in [0.29, 0.717) is 19.8 Å². The lowest BCUT2D eigenvalue weighted by atomic mass is 9.70. The lowest BCUT2D eigenvalue weighted by molar-refractivity contribution is -0.177. The molecule has 2 aromatic heterocycles. The molecule has 4 aliphatic carbocycles. The summed E-state index contributed by atoms with van der Waals surface area (Å²) in [6.45, 7) is 5.50. The zero-order valence-electron chi connectivity index (χ0n) is 57.1. The summed E-state index contributed by atoms with van der Waals surface area (Å²) in [6, 6.07) is 64.1. The van der Waals surface area contributed by atoms with Crippen molar-refractivity contribution in [1.29, 1.82) is 0 Å². The summed E-state index contributed by atoms with van der Waals surface area (Å²) >= 11 is 0. The third-order valence-electron chi connectivity index (χ3n) is 18.8. The molecule has 4 fully saturated rings. The number of aliphatic hydroxyl groups is 1. The molecule has 0 bridgehead atoms. The number of hydrogen-bond donors (Lipinski definition) is 2. The third-order valence-corrected chi connectivity index (χ3v) is 23.3. The van der Waals surface area contributed by atoms with Gasteiger partial charge in [0, 0.05) is 38.6 Å². The average molecular weight is 1380 g/mol. The lowest BCUT2D eigenvalue weighted by Crippen LogP contribution is -2.34. The second-order valence-electron chi connectivity index (χ2n) is 26.2. The number of nitrogens with zero attached hydrogens (tertiary/aromatic N) is 4. The summed E-state index contributed by atoms with van der Waals surface area (Å²) in [4.78, 5) is 47.6. The number of rotatable bonds is 17. The summed E-state index contributed by atoms with van der Waals surface area (Å²) in [6.07, 6.45) is 36.8. The van der Waals surface area contributed by atoms with Gasteiger partial charge < -0.3 is 14.9 Å². The van der Waals surface area contributed by atoms with Crippen molar-refractivity contribution < 1.29 is 46.9 Å². The highest BCUT2D eigenvalue weighted by Crippen LogP contribution is 2.43. The molecule has 2 heterocycles. The van der Waals surface area contributed by atoms with Crippen molar-refractivity contribution in [2.24, 2.45) is 35.5 Å². The molecule has 2 N–H and O–H groups in total. The van der Waals surface area contributed by atoms with E-state index < -0.39 is 23.8 Å². The lowest BCUT2D eigenvalue weighted by Gasteiger charge is -2.37. The molecule has 8 aromatic rings. The van der Waals surface area contributed by atoms with Gasteiger partial charge in [-0.15, -0.1) is 0 Å². The fourth-order valence-electron chi connectivity index (χ4n) is 13.4. The molecular formula is C82H106F4N4O6S2+2. The largest absolute Gasteiger partial charge is 0.477 e. The molecular weight excluding hydrogens is 1280 g/mol. The normalized spacial score (nSPS) is 20.6. The van der Waals surface area contributed by atoms with Crippen LogP contribution in [0.3, 0.4) is 0 Å². The molecule has 0 amide bonds. The number of benzene rings is 6. The first-order chi connectivity index (χ1) is 46.9. The number of unbranched alkanes of at least 4 members (excludes halogenated alkanes) is 2. The summed E-state index contributed by atoms with van der Waals surface area (Å²) < 4.78 is 56.0. The van der Waals surface area contributed by atoms with E-state index in [4.69, 9.17) is 9.84 Å². The highest BCUT2D eigenvalue weighted by atomic mass is 32.2. The summed E-state index contributed by atoms with van der Waals surface area (Å²) in [5.41, 5.74) is 0. The molecule has 4 aliphatic rings. The maximum absolute atomic E-state index is 12.9. The van der Waals surface area contributed by atoms with Gasteiger partial charge in [-0.3, -0.25) is 9.13 Å². The number of aliphatic hydroxyl groups excluding tert-OH is 1. The van der Waals surface area contributed by atoms with Gasteiger partial charge in [-0.1, -0.05) is 195 Å². The molecule has 0 unspecified atom stereocenters. The van der Waals surface area contributed by atoms with Crippen molar-refractivity contribution in [3.8, 4) is 0 Å². The van der Waals surface area contributed by atoms with E-state index in [2.05, 4.69) is 206 Å². The van der Waals surface area contributed by atoms with E-state index in [1.807, 2.05) is 0 Å². The van der Waals surface area contributed by atoms with Crippen molar-refractivity contribution in [2.75, 3.05) is 0 Å². The van der Waals surface area contributed by atoms with Gasteiger partial charge in [0.2, 0.25) is 0 Å². The van der Waals surface area contributed by atoms with Crippen LogP contribution in [0, 0.1) is 35.5 Å². The van der Waals surface area contributed by atoms with Crippen LogP contribution in [0.1, 0.15) is 176 Å². The van der Waals surface area contributed by atoms with E-state index in [1.165, 1.54) is 154 Å². The molecule has 0 spiro atoms. The first kappa shape index (κ1) is 79.7. The Kier molecular flexibility index (Phi) is 34.7. The molecule has 4 saturated carbocycles. The third kappa shape index (κ3) is 27.1. The highest BCUT2D eigenvalue weighted by molar-refractivity contribution is 7.97. The molecule has 0 saturated heterocycles. The van der Waals surface area contributed by atoms with E-state index in [1.54, 1.807) is 24.8 Å². The molecule has 0 atom stereocenters. The van der Waals surface area contributed by atoms with Crippen LogP contribution in [0.25, 0.3) is 0 Å². The van der Waals surface area contributed by atoms with Gasteiger partial charge in [-0.25, -0.2) is 24.4 Å². The van der Waals surface area contributed by atoms with Gasteiger partial charge >= 0.3 is 29.8 Å². The van der Waals surface area contributed by atoms with Gasteiger partial charge in [0.1, 0.15) is 18.8 Å². The van der Waals surface area contributed by atoms with Crippen molar-refractivity contribution in [3.05, 3.63) is 219 Å². The minimum Gasteiger partial charge on any atom is -0.477 e. The van der Waals surface area contributed by atoms with E-state index in [0.717, 1.165) is 68.1 Å². The number of carbonyl (C=O) groups excluding carboxylic acids is 2. The Morgan fingerprint density at radius 1 is 0.449 bits per heavy atom. The van der Waals surface area contributed by atoms with Gasteiger partial charge in [0.05, 0.1) is 27.9 Å². The van der Waals surface area contributed by atoms with Crippen molar-refractivity contribution in [2.45, 2.75) is 230 Å². The topological polar surface area (TPSA) is 137 Å². The zero-order chi connectivity index (χ0) is 69.3. The number of esters is 1. The van der Waals surface area contributed by atoms with Gasteiger partial charge in [-0.05, 0) is 185 Å². The van der Waals surface area contributed by atoms with E-state index in [-0.39, 0.29) is 47.5 Å². The molecule has 98 heavy (non-hydrogen) atoms. The quantitative estimate of drug-likeness (QED) is 0.0523. The Morgan fingerprint density at radius 2 is 0.714 bits per heavy atom. The Bertz CT molecular complexity index is 3030. The first-order valence-electron chi connectivity index (χ1n) is 35.1. The number of alkyl halides is 4. The highest BCUT2D eigenvalue weighted by Gasteiger charge is 2.39. The second-order valence-corrected chi connectivity index (χ2v) is 30.2. The SMILES string of the molecule is C.CC(F)(F)C(=O)O.CCCCC1CCC(C2CCC(O)CC2)CC1.CCCCC1CCC(C2CCC(OC(=O)C(C)(F)F)CC2)CC1.O=C(n1ccnc1)n1ccnc1.c1ccc([S+](c2ccccc2)c2ccccc2)cc1.c1ccc([S+](c2ccccc2)c2ccccc2)cc1. The Labute approximate surface area is 587 Å². The van der Waals surface area contributed by atoms with Gasteiger partial charge in [0.15, 0.2) is 29.4 Å². The van der Waals surface area contributed by atoms with Gasteiger partial charge in [-0.2, -0.15) is 17.6 Å². The molecule has 0 radical (unpaired) electrons. The second kappa shape index (κ2) is 42.6. The molecule has 528 valence electrons. The monoisotopic (exact) mass is 1380 g/mol. The fourth-order valence-corrected chi connectivity index (χ4v) is 17.6. The zero-order valence-corrected chi connectivity index (χ0v) is 58.7. The minimum absolute atomic E-state index is 0. The maximum Gasteiger partial charge on any atom is 0.376 e. The number of ether oxygens (including phenoxy) is 1. The van der Waals surface area contributed by atoms with Crippen LogP contribution in [-0.4, -0.2) is 71.3 Å². The number of carbonyl (C=O) groups is 3. The van der Waals surface area contributed by atoms with Crippen molar-refractivity contribution in [1.82, 2.24) is 19.1 Å². The fraction of sp³-hybridized carbons (Fsp3) is 0.451. The van der Waals surface area contributed by atoms with Crippen LogP contribution >= 0.6 is 0 Å². The molecule has 0 aliphatic heterocycles. The number of aliphatic carboxylic acids is 1. The van der Waals surface area contributed by atoms with Gasteiger partial charge in [0.25, 0.3) is 0 Å². The molecule has 12 rings (SSSR count). The number of aromatic nitrogens is 4. The maximum atomic E-state index is 12.9. The smallest absolute Gasteiger partial charge is 0.376 e. The number of halogens is 4. The Balaban J connectivity index is 0.000000190. The van der Waals surface area contributed by atoms with Crippen molar-refractivity contribution >= 4 is 39.8 Å². The van der Waals surface area contributed by atoms with E-state index >= 15 is 0 Å². The van der Waals surface area contributed by atoms with Crippen LogP contribution < -0.4 is 0 Å². The van der Waals surface area contributed by atoms with E-state index in [9.17, 15) is 37.1 Å². The van der Waals surface area contributed by atoms with Crippen LogP contribution in [0.4, 0.5) is 22.4 Å². The van der Waals surface area contributed by atoms with Crippen LogP contribution in [-0.2, 0) is 36.1 Å². The summed E-state index contributed by atoms with van der Waals surface area (Å²) in [5, 5.41) is 17.1.